The second-order valence-corrected chi connectivity index (χ2v) is 7.17. The van der Waals surface area contributed by atoms with Gasteiger partial charge >= 0.3 is 0 Å². The van der Waals surface area contributed by atoms with Gasteiger partial charge in [-0.15, -0.1) is 0 Å². The first kappa shape index (κ1) is 19.0. The van der Waals surface area contributed by atoms with Crippen molar-refractivity contribution >= 4 is 40.7 Å². The van der Waals surface area contributed by atoms with E-state index in [1.807, 2.05) is 4.90 Å². The number of hydrogen-bond acceptors (Lipinski definition) is 3. The van der Waals surface area contributed by atoms with Crippen LogP contribution in [0, 0.1) is 11.8 Å². The molecule has 1 fully saturated rings. The van der Waals surface area contributed by atoms with Gasteiger partial charge in [-0.25, -0.2) is 0 Å². The monoisotopic (exact) mass is 372 g/mol. The molecule has 0 spiro atoms. The molecule has 1 N–H and O–H groups in total. The average molecular weight is 373 g/mol. The number of nitrogens with one attached hydrogen (secondary N) is 1. The summed E-state index contributed by atoms with van der Waals surface area (Å²) in [4.78, 5) is 25.8. The molecule has 0 saturated carbocycles. The van der Waals surface area contributed by atoms with Crippen molar-refractivity contribution in [3.8, 4) is 0 Å². The zero-order chi connectivity index (χ0) is 17.7. The Morgan fingerprint density at radius 1 is 1.21 bits per heavy atom. The number of amides is 2. The summed E-state index contributed by atoms with van der Waals surface area (Å²) in [5, 5.41) is 3.25. The van der Waals surface area contributed by atoms with Gasteiger partial charge in [0.05, 0.1) is 15.7 Å². The largest absolute Gasteiger partial charge is 0.362 e. The molecule has 0 radical (unpaired) electrons. The zero-order valence-corrected chi connectivity index (χ0v) is 15.4. The number of rotatable bonds is 5. The van der Waals surface area contributed by atoms with Crippen LogP contribution in [0.3, 0.4) is 0 Å². The molecule has 1 aliphatic heterocycles. The second kappa shape index (κ2) is 8.70. The molecule has 0 aliphatic carbocycles. The predicted molar refractivity (Wildman–Crippen MR) is 95.4 cm³/mol. The van der Waals surface area contributed by atoms with Crippen LogP contribution in [0.25, 0.3) is 0 Å². The summed E-state index contributed by atoms with van der Waals surface area (Å²) in [6, 6.07) is 4.97. The van der Waals surface area contributed by atoms with E-state index in [4.69, 9.17) is 27.9 Å². The van der Waals surface area contributed by atoms with Gasteiger partial charge in [-0.3, -0.25) is 9.59 Å². The molecule has 1 saturated heterocycles. The first-order valence-electron chi connectivity index (χ1n) is 7.96. The second-order valence-electron chi connectivity index (χ2n) is 6.39. The third-order valence-corrected chi connectivity index (χ3v) is 4.72. The molecule has 132 valence electrons. The van der Waals surface area contributed by atoms with Crippen LogP contribution in [-0.2, 0) is 14.3 Å². The zero-order valence-electron chi connectivity index (χ0n) is 13.9. The average Bonchev–Trinajstić information content (AvgIpc) is 2.51. The summed E-state index contributed by atoms with van der Waals surface area (Å²) in [5.74, 6) is 0.520. The van der Waals surface area contributed by atoms with Crippen molar-refractivity contribution in [2.75, 3.05) is 31.6 Å². The normalized spacial score (nSPS) is 20.8. The van der Waals surface area contributed by atoms with Crippen molar-refractivity contribution in [1.29, 1.82) is 0 Å². The van der Waals surface area contributed by atoms with Crippen LogP contribution < -0.4 is 5.32 Å². The smallest absolute Gasteiger partial charge is 0.250 e. The van der Waals surface area contributed by atoms with Gasteiger partial charge in [0, 0.05) is 13.1 Å². The number of likely N-dealkylation sites (tertiary alicyclic amines) is 1. The predicted octanol–water partition coefficient (Wildman–Crippen LogP) is 3.45. The Hall–Kier alpha value is -1.30. The minimum absolute atomic E-state index is 0.0815. The molecule has 0 aromatic heterocycles. The molecule has 1 aromatic rings. The molecule has 1 aliphatic rings. The molecule has 24 heavy (non-hydrogen) atoms. The van der Waals surface area contributed by atoms with E-state index in [2.05, 4.69) is 19.2 Å². The van der Waals surface area contributed by atoms with Crippen LogP contribution in [0.2, 0.25) is 10.0 Å². The maximum absolute atomic E-state index is 12.2. The van der Waals surface area contributed by atoms with Gasteiger partial charge in [0.2, 0.25) is 11.8 Å². The van der Waals surface area contributed by atoms with E-state index in [9.17, 15) is 9.59 Å². The van der Waals surface area contributed by atoms with Gasteiger partial charge in [-0.1, -0.05) is 43.1 Å². The first-order chi connectivity index (χ1) is 11.4. The van der Waals surface area contributed by atoms with E-state index in [1.54, 1.807) is 18.2 Å². The van der Waals surface area contributed by atoms with Gasteiger partial charge in [0.25, 0.3) is 0 Å². The third-order valence-electron chi connectivity index (χ3n) is 3.91. The fourth-order valence-corrected chi connectivity index (χ4v) is 3.32. The fourth-order valence-electron chi connectivity index (χ4n) is 2.98. The molecule has 1 heterocycles. The summed E-state index contributed by atoms with van der Waals surface area (Å²) in [6.07, 6.45) is 1.13. The number of ether oxygens (including phenoxy) is 1. The highest BCUT2D eigenvalue weighted by atomic mass is 35.5. The van der Waals surface area contributed by atoms with Crippen molar-refractivity contribution in [2.45, 2.75) is 20.3 Å². The number of nitrogens with zero attached hydrogens (tertiary/aromatic N) is 1. The molecule has 2 amide bonds. The maximum Gasteiger partial charge on any atom is 0.250 e. The highest BCUT2D eigenvalue weighted by Crippen LogP contribution is 2.29. The minimum Gasteiger partial charge on any atom is -0.362 e. The van der Waals surface area contributed by atoms with E-state index in [0.717, 1.165) is 19.5 Å². The van der Waals surface area contributed by atoms with Gasteiger partial charge in [-0.05, 0) is 30.4 Å². The number of hydrogen-bond donors (Lipinski definition) is 1. The Bertz CT molecular complexity index is 599. The molecule has 5 nitrogen and oxygen atoms in total. The van der Waals surface area contributed by atoms with Crippen LogP contribution in [0.5, 0.6) is 0 Å². The standard InChI is InChI=1S/C17H22Cl2N2O3/c1-11-6-12(2)8-21(7-11)16(23)10-24-9-15(22)20-14-5-3-4-13(18)17(14)19/h3-5,11-12H,6-10H2,1-2H3,(H,20,22)/t11-,12-/m0/s1. The highest BCUT2D eigenvalue weighted by molar-refractivity contribution is 6.43. The van der Waals surface area contributed by atoms with Crippen molar-refractivity contribution in [3.63, 3.8) is 0 Å². The third kappa shape index (κ3) is 5.36. The summed E-state index contributed by atoms with van der Waals surface area (Å²) in [6.45, 7) is 5.45. The summed E-state index contributed by atoms with van der Waals surface area (Å²) >= 11 is 11.9. The summed E-state index contributed by atoms with van der Waals surface area (Å²) in [7, 11) is 0. The molecular formula is C17H22Cl2N2O3. The van der Waals surface area contributed by atoms with Crippen LogP contribution >= 0.6 is 23.2 Å². The lowest BCUT2D eigenvalue weighted by Gasteiger charge is -2.34. The number of halogens is 2. The Balaban J connectivity index is 1.76. The van der Waals surface area contributed by atoms with E-state index in [1.165, 1.54) is 0 Å². The molecule has 7 heteroatoms. The van der Waals surface area contributed by atoms with Crippen LogP contribution in [0.4, 0.5) is 5.69 Å². The van der Waals surface area contributed by atoms with E-state index in [0.29, 0.717) is 22.5 Å². The number of piperidine rings is 1. The first-order valence-corrected chi connectivity index (χ1v) is 8.71. The van der Waals surface area contributed by atoms with E-state index < -0.39 is 0 Å². The Kier molecular flexibility index (Phi) is 6.90. The van der Waals surface area contributed by atoms with Crippen molar-refractivity contribution in [2.24, 2.45) is 11.8 Å². The van der Waals surface area contributed by atoms with Gasteiger partial charge in [0.15, 0.2) is 0 Å². The fraction of sp³-hybridized carbons (Fsp3) is 0.529. The summed E-state index contributed by atoms with van der Waals surface area (Å²) in [5.41, 5.74) is 0.419. The van der Waals surface area contributed by atoms with Crippen molar-refractivity contribution in [3.05, 3.63) is 28.2 Å². The Labute approximate surface area is 152 Å². The Morgan fingerprint density at radius 2 is 1.88 bits per heavy atom. The topological polar surface area (TPSA) is 58.6 Å². The maximum atomic E-state index is 12.2. The SMILES string of the molecule is C[C@H]1C[C@H](C)CN(C(=O)COCC(=O)Nc2cccc(Cl)c2Cl)C1. The quantitative estimate of drug-likeness (QED) is 0.860. The van der Waals surface area contributed by atoms with Gasteiger partial charge in [-0.2, -0.15) is 0 Å². The number of carbonyl (C=O) groups excluding carboxylic acids is 2. The lowest BCUT2D eigenvalue weighted by molar-refractivity contribution is -0.140. The molecule has 2 rings (SSSR count). The van der Waals surface area contributed by atoms with Crippen molar-refractivity contribution < 1.29 is 14.3 Å². The van der Waals surface area contributed by atoms with Crippen LogP contribution in [-0.4, -0.2) is 43.0 Å². The molecule has 2 atom stereocenters. The Morgan fingerprint density at radius 3 is 2.54 bits per heavy atom. The minimum atomic E-state index is -0.382. The van der Waals surface area contributed by atoms with Crippen LogP contribution in [0.15, 0.2) is 18.2 Å². The van der Waals surface area contributed by atoms with E-state index in [-0.39, 0.29) is 30.1 Å². The number of carbonyl (C=O) groups is 2. The van der Waals surface area contributed by atoms with Crippen LogP contribution in [0.1, 0.15) is 20.3 Å². The van der Waals surface area contributed by atoms with Gasteiger partial charge < -0.3 is 15.0 Å². The number of anilines is 1. The molecule has 1 aromatic carbocycles. The highest BCUT2D eigenvalue weighted by Gasteiger charge is 2.25. The lowest BCUT2D eigenvalue weighted by atomic mass is 9.92. The lowest BCUT2D eigenvalue weighted by Crippen LogP contribution is -2.44. The molecule has 0 unspecified atom stereocenters. The van der Waals surface area contributed by atoms with Crippen molar-refractivity contribution in [1.82, 2.24) is 4.90 Å². The van der Waals surface area contributed by atoms with Gasteiger partial charge in [0.1, 0.15) is 13.2 Å². The molecule has 0 bridgehead atoms. The molecular weight excluding hydrogens is 351 g/mol. The van der Waals surface area contributed by atoms with E-state index >= 15 is 0 Å². The summed E-state index contributed by atoms with van der Waals surface area (Å²) < 4.78 is 5.24. The number of benzene rings is 1.